The van der Waals surface area contributed by atoms with E-state index >= 15 is 0 Å². The molecule has 0 radical (unpaired) electrons. The Bertz CT molecular complexity index is 1090. The Morgan fingerprint density at radius 3 is 2.48 bits per heavy atom. The van der Waals surface area contributed by atoms with Crippen molar-refractivity contribution < 1.29 is 13.9 Å². The SMILES string of the molecule is Cn1ncc(Oc2ccc(F)cc2)c(Nc2ccc(C(=O)NC3CC3)cc2)c1=O. The third-order valence-electron chi connectivity index (χ3n) is 4.47. The van der Waals surface area contributed by atoms with Crippen molar-refractivity contribution >= 4 is 17.3 Å². The maximum atomic E-state index is 13.1. The van der Waals surface area contributed by atoms with Gasteiger partial charge in [0.1, 0.15) is 11.6 Å². The van der Waals surface area contributed by atoms with Crippen LogP contribution in [0.2, 0.25) is 0 Å². The Balaban J connectivity index is 1.57. The van der Waals surface area contributed by atoms with Gasteiger partial charge in [0.2, 0.25) is 0 Å². The topological polar surface area (TPSA) is 85.2 Å². The van der Waals surface area contributed by atoms with Crippen molar-refractivity contribution in [3.8, 4) is 11.5 Å². The number of benzene rings is 2. The molecule has 7 nitrogen and oxygen atoms in total. The summed E-state index contributed by atoms with van der Waals surface area (Å²) in [4.78, 5) is 24.7. The largest absolute Gasteiger partial charge is 0.453 e. The van der Waals surface area contributed by atoms with Gasteiger partial charge >= 0.3 is 0 Å². The highest BCUT2D eigenvalue weighted by atomic mass is 19.1. The van der Waals surface area contributed by atoms with Gasteiger partial charge in [-0.1, -0.05) is 0 Å². The molecule has 2 N–H and O–H groups in total. The zero-order chi connectivity index (χ0) is 20.4. The van der Waals surface area contributed by atoms with Crippen LogP contribution in [0.3, 0.4) is 0 Å². The fourth-order valence-corrected chi connectivity index (χ4v) is 2.69. The highest BCUT2D eigenvalue weighted by Crippen LogP contribution is 2.28. The number of halogens is 1. The molecule has 0 saturated heterocycles. The van der Waals surface area contributed by atoms with E-state index in [2.05, 4.69) is 15.7 Å². The Morgan fingerprint density at radius 2 is 1.83 bits per heavy atom. The van der Waals surface area contributed by atoms with E-state index in [1.54, 1.807) is 24.3 Å². The van der Waals surface area contributed by atoms with Crippen molar-refractivity contribution in [2.75, 3.05) is 5.32 Å². The molecule has 1 aliphatic rings. The van der Waals surface area contributed by atoms with Crippen molar-refractivity contribution in [2.24, 2.45) is 7.05 Å². The molecule has 4 rings (SSSR count). The van der Waals surface area contributed by atoms with E-state index < -0.39 is 0 Å². The van der Waals surface area contributed by atoms with Gasteiger partial charge in [-0.05, 0) is 61.4 Å². The van der Waals surface area contributed by atoms with E-state index in [-0.39, 0.29) is 34.8 Å². The van der Waals surface area contributed by atoms with Crippen LogP contribution in [0.15, 0.2) is 59.5 Å². The second-order valence-corrected chi connectivity index (χ2v) is 6.82. The molecule has 148 valence electrons. The smallest absolute Gasteiger partial charge is 0.294 e. The van der Waals surface area contributed by atoms with Crippen LogP contribution in [0.4, 0.5) is 15.8 Å². The standard InChI is InChI=1S/C21H19FN4O3/c1-26-21(28)19(18(12-23-26)29-17-10-4-14(22)5-11-17)24-15-6-2-13(3-7-15)20(27)25-16-8-9-16/h2-7,10-12,16,24H,8-9H2,1H3,(H,25,27). The maximum Gasteiger partial charge on any atom is 0.294 e. The van der Waals surface area contributed by atoms with Crippen molar-refractivity contribution in [3.05, 3.63) is 76.5 Å². The fourth-order valence-electron chi connectivity index (χ4n) is 2.69. The van der Waals surface area contributed by atoms with Crippen molar-refractivity contribution in [3.63, 3.8) is 0 Å². The molecular weight excluding hydrogens is 375 g/mol. The van der Waals surface area contributed by atoms with Crippen LogP contribution in [0.1, 0.15) is 23.2 Å². The van der Waals surface area contributed by atoms with Gasteiger partial charge in [-0.2, -0.15) is 5.10 Å². The summed E-state index contributed by atoms with van der Waals surface area (Å²) in [6.07, 6.45) is 3.45. The van der Waals surface area contributed by atoms with Crippen molar-refractivity contribution in [1.29, 1.82) is 0 Å². The Morgan fingerprint density at radius 1 is 1.14 bits per heavy atom. The zero-order valence-electron chi connectivity index (χ0n) is 15.7. The van der Waals surface area contributed by atoms with Crippen LogP contribution in [-0.4, -0.2) is 21.7 Å². The van der Waals surface area contributed by atoms with Crippen LogP contribution in [0.25, 0.3) is 0 Å². The summed E-state index contributed by atoms with van der Waals surface area (Å²) < 4.78 is 20.0. The number of aromatic nitrogens is 2. The van der Waals surface area contributed by atoms with Gasteiger partial charge in [0.15, 0.2) is 11.4 Å². The Kier molecular flexibility index (Phi) is 4.99. The molecule has 1 aromatic heterocycles. The lowest BCUT2D eigenvalue weighted by Gasteiger charge is -2.13. The molecule has 1 amide bonds. The molecule has 1 aliphatic carbocycles. The fraction of sp³-hybridized carbons (Fsp3) is 0.190. The number of aryl methyl sites for hydroxylation is 1. The number of carbonyl (C=O) groups is 1. The van der Waals surface area contributed by atoms with E-state index in [1.165, 1.54) is 42.2 Å². The first kappa shape index (κ1) is 18.7. The van der Waals surface area contributed by atoms with Crippen LogP contribution in [-0.2, 0) is 7.05 Å². The summed E-state index contributed by atoms with van der Waals surface area (Å²) in [6, 6.07) is 12.5. The first-order chi connectivity index (χ1) is 14.0. The van der Waals surface area contributed by atoms with Crippen LogP contribution < -0.4 is 20.9 Å². The molecule has 1 heterocycles. The number of nitrogens with one attached hydrogen (secondary N) is 2. The van der Waals surface area contributed by atoms with E-state index in [4.69, 9.17) is 4.74 Å². The Hall–Kier alpha value is -3.68. The van der Waals surface area contributed by atoms with Gasteiger partial charge in [0.25, 0.3) is 11.5 Å². The molecular formula is C21H19FN4O3. The third kappa shape index (κ3) is 4.43. The summed E-state index contributed by atoms with van der Waals surface area (Å²) in [5.41, 5.74) is 0.954. The average molecular weight is 394 g/mol. The second-order valence-electron chi connectivity index (χ2n) is 6.82. The summed E-state index contributed by atoms with van der Waals surface area (Å²) in [5.74, 6) is 0.0784. The predicted octanol–water partition coefficient (Wildman–Crippen LogP) is 3.35. The maximum absolute atomic E-state index is 13.1. The third-order valence-corrected chi connectivity index (χ3v) is 4.47. The van der Waals surface area contributed by atoms with Crippen LogP contribution in [0.5, 0.6) is 11.5 Å². The highest BCUT2D eigenvalue weighted by molar-refractivity contribution is 5.95. The van der Waals surface area contributed by atoms with Gasteiger partial charge in [0.05, 0.1) is 6.20 Å². The monoisotopic (exact) mass is 394 g/mol. The molecule has 0 spiro atoms. The second kappa shape index (κ2) is 7.75. The van der Waals surface area contributed by atoms with Gasteiger partial charge in [-0.3, -0.25) is 9.59 Å². The minimum absolute atomic E-state index is 0.112. The van der Waals surface area contributed by atoms with Crippen LogP contribution in [0, 0.1) is 5.82 Å². The molecule has 29 heavy (non-hydrogen) atoms. The van der Waals surface area contributed by atoms with Crippen molar-refractivity contribution in [2.45, 2.75) is 18.9 Å². The summed E-state index contributed by atoms with van der Waals surface area (Å²) in [6.45, 7) is 0. The molecule has 1 saturated carbocycles. The summed E-state index contributed by atoms with van der Waals surface area (Å²) >= 11 is 0. The number of hydrogen-bond donors (Lipinski definition) is 2. The number of rotatable bonds is 6. The van der Waals surface area contributed by atoms with E-state index in [1.807, 2.05) is 0 Å². The number of nitrogens with zero attached hydrogens (tertiary/aromatic N) is 2. The van der Waals surface area contributed by atoms with Gasteiger partial charge in [0, 0.05) is 24.3 Å². The van der Waals surface area contributed by atoms with E-state index in [0.717, 1.165) is 12.8 Å². The van der Waals surface area contributed by atoms with Gasteiger partial charge in [-0.15, -0.1) is 0 Å². The molecule has 0 aliphatic heterocycles. The minimum atomic E-state index is -0.389. The van der Waals surface area contributed by atoms with Crippen LogP contribution >= 0.6 is 0 Å². The average Bonchev–Trinajstić information content (AvgIpc) is 3.53. The van der Waals surface area contributed by atoms with Crippen molar-refractivity contribution in [1.82, 2.24) is 15.1 Å². The quantitative estimate of drug-likeness (QED) is 0.670. The number of ether oxygens (including phenoxy) is 1. The lowest BCUT2D eigenvalue weighted by atomic mass is 10.2. The number of carbonyl (C=O) groups excluding carboxylic acids is 1. The predicted molar refractivity (Wildman–Crippen MR) is 106 cm³/mol. The summed E-state index contributed by atoms with van der Waals surface area (Å²) in [5, 5.41) is 9.93. The van der Waals surface area contributed by atoms with Gasteiger partial charge in [-0.25, -0.2) is 9.07 Å². The van der Waals surface area contributed by atoms with E-state index in [9.17, 15) is 14.0 Å². The molecule has 8 heteroatoms. The molecule has 2 aromatic carbocycles. The lowest BCUT2D eigenvalue weighted by molar-refractivity contribution is 0.0951. The summed E-state index contributed by atoms with van der Waals surface area (Å²) in [7, 11) is 1.53. The zero-order valence-corrected chi connectivity index (χ0v) is 15.7. The molecule has 0 bridgehead atoms. The normalized spacial score (nSPS) is 13.0. The number of hydrogen-bond acceptors (Lipinski definition) is 5. The first-order valence-electron chi connectivity index (χ1n) is 9.17. The Labute approximate surface area is 166 Å². The molecule has 1 fully saturated rings. The molecule has 0 unspecified atom stereocenters. The van der Waals surface area contributed by atoms with Gasteiger partial charge < -0.3 is 15.4 Å². The first-order valence-corrected chi connectivity index (χ1v) is 9.17. The number of anilines is 2. The molecule has 3 aromatic rings. The highest BCUT2D eigenvalue weighted by Gasteiger charge is 2.23. The minimum Gasteiger partial charge on any atom is -0.453 e. The lowest BCUT2D eigenvalue weighted by Crippen LogP contribution is -2.25. The van der Waals surface area contributed by atoms with E-state index in [0.29, 0.717) is 17.0 Å². The number of amides is 1. The molecule has 0 atom stereocenters.